The molecule has 0 unspecified atom stereocenters. The number of amides is 1. The van der Waals surface area contributed by atoms with E-state index in [0.29, 0.717) is 17.7 Å². The van der Waals surface area contributed by atoms with Crippen molar-refractivity contribution >= 4 is 17.2 Å². The molecule has 1 amide bonds. The lowest BCUT2D eigenvalue weighted by Crippen LogP contribution is -2.22. The number of thiazole rings is 1. The first kappa shape index (κ1) is 11.6. The fourth-order valence-electron chi connectivity index (χ4n) is 1.39. The van der Waals surface area contributed by atoms with Gasteiger partial charge in [-0.2, -0.15) is 0 Å². The molecule has 4 nitrogen and oxygen atoms in total. The molecule has 0 saturated heterocycles. The van der Waals surface area contributed by atoms with Gasteiger partial charge < -0.3 is 10.4 Å². The number of phenols is 1. The Labute approximate surface area is 103 Å². The molecule has 0 fully saturated rings. The first-order valence-corrected chi connectivity index (χ1v) is 6.01. The average molecular weight is 248 g/mol. The monoisotopic (exact) mass is 248 g/mol. The molecule has 0 saturated carbocycles. The molecule has 0 spiro atoms. The summed E-state index contributed by atoms with van der Waals surface area (Å²) in [4.78, 5) is 15.9. The van der Waals surface area contributed by atoms with Crippen LogP contribution in [0.5, 0.6) is 5.75 Å². The third-order valence-electron chi connectivity index (χ3n) is 2.34. The van der Waals surface area contributed by atoms with E-state index in [2.05, 4.69) is 10.3 Å². The molecule has 2 rings (SSSR count). The van der Waals surface area contributed by atoms with Gasteiger partial charge in [0.25, 0.3) is 5.91 Å². The molecule has 0 radical (unpaired) electrons. The van der Waals surface area contributed by atoms with Crippen LogP contribution in [-0.4, -0.2) is 16.0 Å². The number of aromatic hydroxyl groups is 1. The number of carbonyl (C=O) groups is 1. The summed E-state index contributed by atoms with van der Waals surface area (Å²) in [5.41, 5.74) is 1.23. The Kier molecular flexibility index (Phi) is 3.39. The minimum absolute atomic E-state index is 0.164. The molecule has 1 aromatic carbocycles. The number of hydrogen-bond acceptors (Lipinski definition) is 4. The van der Waals surface area contributed by atoms with Crippen LogP contribution in [0.25, 0.3) is 0 Å². The number of aromatic nitrogens is 1. The van der Waals surface area contributed by atoms with E-state index in [1.807, 2.05) is 5.38 Å². The summed E-state index contributed by atoms with van der Waals surface area (Å²) in [7, 11) is 0. The van der Waals surface area contributed by atoms with Gasteiger partial charge in [0.05, 0.1) is 6.54 Å². The van der Waals surface area contributed by atoms with Gasteiger partial charge in [-0.3, -0.25) is 4.79 Å². The van der Waals surface area contributed by atoms with Crippen LogP contribution in [0.1, 0.15) is 20.9 Å². The molecule has 1 aromatic heterocycles. The molecular weight excluding hydrogens is 236 g/mol. The lowest BCUT2D eigenvalue weighted by atomic mass is 10.1. The van der Waals surface area contributed by atoms with Gasteiger partial charge in [-0.25, -0.2) is 4.98 Å². The minimum Gasteiger partial charge on any atom is -0.508 e. The second kappa shape index (κ2) is 4.97. The van der Waals surface area contributed by atoms with E-state index >= 15 is 0 Å². The van der Waals surface area contributed by atoms with E-state index in [9.17, 15) is 9.90 Å². The van der Waals surface area contributed by atoms with Gasteiger partial charge in [-0.1, -0.05) is 0 Å². The van der Waals surface area contributed by atoms with Crippen molar-refractivity contribution < 1.29 is 9.90 Å². The summed E-state index contributed by atoms with van der Waals surface area (Å²) in [6.45, 7) is 2.18. The van der Waals surface area contributed by atoms with E-state index in [4.69, 9.17) is 0 Å². The minimum atomic E-state index is -0.164. The smallest absolute Gasteiger partial charge is 0.251 e. The number of benzene rings is 1. The maximum absolute atomic E-state index is 11.8. The molecule has 0 aliphatic heterocycles. The zero-order chi connectivity index (χ0) is 12.3. The van der Waals surface area contributed by atoms with E-state index < -0.39 is 0 Å². The number of carbonyl (C=O) groups excluding carboxylic acids is 1. The number of aryl methyl sites for hydroxylation is 1. The SMILES string of the molecule is Cc1cc(C(=O)NCc2nccs2)ccc1O. The lowest BCUT2D eigenvalue weighted by molar-refractivity contribution is 0.0951. The Bertz CT molecular complexity index is 523. The molecule has 2 aromatic rings. The van der Waals surface area contributed by atoms with Gasteiger partial charge in [0.15, 0.2) is 0 Å². The number of nitrogens with one attached hydrogen (secondary N) is 1. The van der Waals surface area contributed by atoms with Gasteiger partial charge in [-0.15, -0.1) is 11.3 Å². The van der Waals surface area contributed by atoms with E-state index in [1.165, 1.54) is 17.4 Å². The molecule has 17 heavy (non-hydrogen) atoms. The highest BCUT2D eigenvalue weighted by Crippen LogP contribution is 2.16. The largest absolute Gasteiger partial charge is 0.508 e. The Morgan fingerprint density at radius 3 is 3.00 bits per heavy atom. The van der Waals surface area contributed by atoms with Crippen LogP contribution in [0.15, 0.2) is 29.8 Å². The quantitative estimate of drug-likeness (QED) is 0.874. The number of phenolic OH excluding ortho intramolecular Hbond substituents is 1. The van der Waals surface area contributed by atoms with Gasteiger partial charge in [0.1, 0.15) is 10.8 Å². The van der Waals surface area contributed by atoms with E-state index in [-0.39, 0.29) is 11.7 Å². The molecule has 0 aliphatic rings. The van der Waals surface area contributed by atoms with Crippen LogP contribution in [0, 0.1) is 6.92 Å². The fraction of sp³-hybridized carbons (Fsp3) is 0.167. The normalized spacial score (nSPS) is 10.2. The molecular formula is C12H12N2O2S. The van der Waals surface area contributed by atoms with Crippen LogP contribution >= 0.6 is 11.3 Å². The van der Waals surface area contributed by atoms with Crippen LogP contribution in [0.3, 0.4) is 0 Å². The third-order valence-corrected chi connectivity index (χ3v) is 3.12. The second-order valence-corrected chi connectivity index (χ2v) is 4.59. The predicted molar refractivity (Wildman–Crippen MR) is 66.1 cm³/mol. The number of rotatable bonds is 3. The fourth-order valence-corrected chi connectivity index (χ4v) is 1.95. The predicted octanol–water partition coefficient (Wildman–Crippen LogP) is 2.09. The highest BCUT2D eigenvalue weighted by molar-refractivity contribution is 7.09. The van der Waals surface area contributed by atoms with Crippen molar-refractivity contribution in [1.29, 1.82) is 0 Å². The Morgan fingerprint density at radius 1 is 1.53 bits per heavy atom. The summed E-state index contributed by atoms with van der Waals surface area (Å²) in [6, 6.07) is 4.78. The van der Waals surface area contributed by atoms with Gasteiger partial charge in [-0.05, 0) is 30.7 Å². The van der Waals surface area contributed by atoms with Gasteiger partial charge >= 0.3 is 0 Å². The zero-order valence-corrected chi connectivity index (χ0v) is 10.1. The molecule has 1 heterocycles. The van der Waals surface area contributed by atoms with Crippen molar-refractivity contribution in [2.75, 3.05) is 0 Å². The van der Waals surface area contributed by atoms with Crippen LogP contribution < -0.4 is 5.32 Å². The molecule has 5 heteroatoms. The Hall–Kier alpha value is -1.88. The van der Waals surface area contributed by atoms with Crippen LogP contribution in [0.4, 0.5) is 0 Å². The van der Waals surface area contributed by atoms with Gasteiger partial charge in [0.2, 0.25) is 0 Å². The first-order valence-electron chi connectivity index (χ1n) is 5.13. The summed E-state index contributed by atoms with van der Waals surface area (Å²) >= 11 is 1.50. The highest BCUT2D eigenvalue weighted by Gasteiger charge is 2.07. The second-order valence-electron chi connectivity index (χ2n) is 3.61. The topological polar surface area (TPSA) is 62.2 Å². The summed E-state index contributed by atoms with van der Waals surface area (Å²) < 4.78 is 0. The highest BCUT2D eigenvalue weighted by atomic mass is 32.1. The maximum atomic E-state index is 11.8. The zero-order valence-electron chi connectivity index (χ0n) is 9.30. The molecule has 2 N–H and O–H groups in total. The van der Waals surface area contributed by atoms with Crippen molar-refractivity contribution in [1.82, 2.24) is 10.3 Å². The summed E-state index contributed by atoms with van der Waals surface area (Å²) in [5.74, 6) is 0.0322. The molecule has 0 atom stereocenters. The molecule has 0 aliphatic carbocycles. The van der Waals surface area contributed by atoms with Crippen molar-refractivity contribution in [3.63, 3.8) is 0 Å². The standard InChI is InChI=1S/C12H12N2O2S/c1-8-6-9(2-3-10(8)15)12(16)14-7-11-13-4-5-17-11/h2-6,15H,7H2,1H3,(H,14,16). The Morgan fingerprint density at radius 2 is 2.35 bits per heavy atom. The number of hydrogen-bond donors (Lipinski definition) is 2. The first-order chi connectivity index (χ1) is 8.16. The van der Waals surface area contributed by atoms with Crippen molar-refractivity contribution in [2.24, 2.45) is 0 Å². The number of nitrogens with zero attached hydrogens (tertiary/aromatic N) is 1. The molecule has 88 valence electrons. The summed E-state index contributed by atoms with van der Waals surface area (Å²) in [5, 5.41) is 14.9. The average Bonchev–Trinajstić information content (AvgIpc) is 2.82. The lowest BCUT2D eigenvalue weighted by Gasteiger charge is -2.05. The molecule has 0 bridgehead atoms. The Balaban J connectivity index is 2.02. The van der Waals surface area contributed by atoms with Crippen LogP contribution in [-0.2, 0) is 6.54 Å². The van der Waals surface area contributed by atoms with E-state index in [0.717, 1.165) is 5.01 Å². The van der Waals surface area contributed by atoms with Crippen molar-refractivity contribution in [3.8, 4) is 5.75 Å². The van der Waals surface area contributed by atoms with Crippen molar-refractivity contribution in [3.05, 3.63) is 45.9 Å². The van der Waals surface area contributed by atoms with Gasteiger partial charge in [0, 0.05) is 17.1 Å². The maximum Gasteiger partial charge on any atom is 0.251 e. The third kappa shape index (κ3) is 2.82. The summed E-state index contributed by atoms with van der Waals surface area (Å²) in [6.07, 6.45) is 1.71. The van der Waals surface area contributed by atoms with E-state index in [1.54, 1.807) is 25.3 Å². The van der Waals surface area contributed by atoms with Crippen LogP contribution in [0.2, 0.25) is 0 Å². The van der Waals surface area contributed by atoms with Crippen molar-refractivity contribution in [2.45, 2.75) is 13.5 Å².